The molecule has 6 nitrogen and oxygen atoms in total. The van der Waals surface area contributed by atoms with Gasteiger partial charge in [-0.2, -0.15) is 5.10 Å². The largest absolute Gasteiger partial charge is 0.304 e. The van der Waals surface area contributed by atoms with Crippen molar-refractivity contribution in [2.24, 2.45) is 5.92 Å². The number of carbonyl (C=O) groups is 1. The lowest BCUT2D eigenvalue weighted by Gasteiger charge is -2.07. The van der Waals surface area contributed by atoms with Crippen molar-refractivity contribution in [3.63, 3.8) is 0 Å². The van der Waals surface area contributed by atoms with E-state index in [0.717, 1.165) is 45.6 Å². The van der Waals surface area contributed by atoms with E-state index in [9.17, 15) is 4.79 Å². The first-order valence-electron chi connectivity index (χ1n) is 11.0. The second-order valence-electron chi connectivity index (χ2n) is 8.26. The third-order valence-electron chi connectivity index (χ3n) is 5.81. The molecule has 3 aromatic heterocycles. The lowest BCUT2D eigenvalue weighted by molar-refractivity contribution is 0.102. The number of aromatic nitrogens is 4. The molecule has 7 heteroatoms. The van der Waals surface area contributed by atoms with Crippen LogP contribution in [0.3, 0.4) is 0 Å². The van der Waals surface area contributed by atoms with Gasteiger partial charge in [0, 0.05) is 29.0 Å². The summed E-state index contributed by atoms with van der Waals surface area (Å²) >= 11 is 3.67. The van der Waals surface area contributed by atoms with Crippen molar-refractivity contribution in [3.05, 3.63) is 71.0 Å². The number of aryl methyl sites for hydroxylation is 1. The third kappa shape index (κ3) is 4.58. The molecular weight excluding hydrogens is 466 g/mol. The van der Waals surface area contributed by atoms with E-state index in [1.165, 1.54) is 25.7 Å². The summed E-state index contributed by atoms with van der Waals surface area (Å²) < 4.78 is 2.79. The molecule has 1 amide bonds. The van der Waals surface area contributed by atoms with Crippen LogP contribution < -0.4 is 5.32 Å². The summed E-state index contributed by atoms with van der Waals surface area (Å²) in [6.45, 7) is 0.773. The van der Waals surface area contributed by atoms with Crippen molar-refractivity contribution >= 4 is 38.7 Å². The quantitative estimate of drug-likeness (QED) is 0.304. The molecule has 0 aliphatic heterocycles. The van der Waals surface area contributed by atoms with Gasteiger partial charge < -0.3 is 5.32 Å². The number of halogens is 1. The molecule has 0 unspecified atom stereocenters. The normalized spacial score (nSPS) is 13.4. The first-order chi connectivity index (χ1) is 15.7. The lowest BCUT2D eigenvalue weighted by atomic mass is 10.1. The fourth-order valence-corrected chi connectivity index (χ4v) is 4.44. The maximum Gasteiger partial charge on any atom is 0.258 e. The number of nitrogens with zero attached hydrogens (tertiary/aromatic N) is 4. The summed E-state index contributed by atoms with van der Waals surface area (Å²) in [5.74, 6) is 1.21. The summed E-state index contributed by atoms with van der Waals surface area (Å²) in [6, 6.07) is 15.6. The number of benzene rings is 1. The number of unbranched alkanes of at least 4 members (excludes halogenated alkanes) is 1. The molecule has 0 radical (unpaired) electrons. The molecule has 1 saturated carbocycles. The highest BCUT2D eigenvalue weighted by Gasteiger charge is 2.21. The van der Waals surface area contributed by atoms with Crippen molar-refractivity contribution in [2.75, 3.05) is 5.32 Å². The number of hydrogen-bond donors (Lipinski definition) is 1. The Balaban J connectivity index is 1.49. The minimum absolute atomic E-state index is 0.235. The topological polar surface area (TPSA) is 72.7 Å². The highest BCUT2D eigenvalue weighted by atomic mass is 79.9. The molecule has 0 saturated heterocycles. The van der Waals surface area contributed by atoms with Gasteiger partial charge in [0.05, 0.1) is 16.6 Å². The summed E-state index contributed by atoms with van der Waals surface area (Å²) in [7, 11) is 0. The predicted octanol–water partition coefficient (Wildman–Crippen LogP) is 6.09. The number of amides is 1. The van der Waals surface area contributed by atoms with Gasteiger partial charge in [-0.05, 0) is 46.5 Å². The number of carbonyl (C=O) groups excluding carboxylic acids is 1. The molecule has 4 aromatic rings. The zero-order valence-corrected chi connectivity index (χ0v) is 19.3. The van der Waals surface area contributed by atoms with Gasteiger partial charge >= 0.3 is 0 Å². The predicted molar refractivity (Wildman–Crippen MR) is 129 cm³/mol. The molecule has 1 aromatic carbocycles. The summed E-state index contributed by atoms with van der Waals surface area (Å²) in [6.07, 6.45) is 9.48. The Kier molecular flexibility index (Phi) is 5.99. The van der Waals surface area contributed by atoms with Crippen LogP contribution >= 0.6 is 15.9 Å². The van der Waals surface area contributed by atoms with Crippen molar-refractivity contribution in [2.45, 2.75) is 38.6 Å². The Morgan fingerprint density at radius 1 is 1.12 bits per heavy atom. The van der Waals surface area contributed by atoms with Crippen LogP contribution in [0.25, 0.3) is 22.3 Å². The van der Waals surface area contributed by atoms with Crippen molar-refractivity contribution < 1.29 is 4.79 Å². The number of rotatable bonds is 8. The van der Waals surface area contributed by atoms with Gasteiger partial charge in [-0.25, -0.2) is 9.67 Å². The summed E-state index contributed by atoms with van der Waals surface area (Å²) in [4.78, 5) is 21.7. The number of fused-ring (bicyclic) bond motifs is 1. The van der Waals surface area contributed by atoms with Crippen LogP contribution in [-0.4, -0.2) is 25.7 Å². The van der Waals surface area contributed by atoms with Crippen molar-refractivity contribution in [1.82, 2.24) is 19.7 Å². The van der Waals surface area contributed by atoms with Crippen LogP contribution in [0.15, 0.2) is 65.4 Å². The van der Waals surface area contributed by atoms with Crippen LogP contribution in [0.2, 0.25) is 0 Å². The number of hydrogen-bond acceptors (Lipinski definition) is 4. The monoisotopic (exact) mass is 489 g/mol. The molecule has 1 fully saturated rings. The van der Waals surface area contributed by atoms with Crippen molar-refractivity contribution in [1.29, 1.82) is 0 Å². The second kappa shape index (κ2) is 9.20. The number of nitrogens with one attached hydrogen (secondary N) is 1. The first-order valence-corrected chi connectivity index (χ1v) is 11.8. The van der Waals surface area contributed by atoms with E-state index >= 15 is 0 Å². The van der Waals surface area contributed by atoms with E-state index in [1.54, 1.807) is 24.5 Å². The van der Waals surface area contributed by atoms with Crippen molar-refractivity contribution in [3.8, 4) is 11.3 Å². The van der Waals surface area contributed by atoms with Crippen LogP contribution in [-0.2, 0) is 6.54 Å². The molecule has 32 heavy (non-hydrogen) atoms. The molecular formula is C25H24BrN5O. The standard InChI is InChI=1S/C25H24BrN5O/c26-21-15-20-23(29-25(32)19-10-6-13-27-16-19)30-31(14-5-4-7-17-11-12-17)24(20)28-22(21)18-8-2-1-3-9-18/h1-3,6,8-10,13,15-17H,4-5,7,11-12,14H2,(H,29,30,32). The molecule has 0 atom stereocenters. The van der Waals surface area contributed by atoms with E-state index in [2.05, 4.69) is 26.2 Å². The highest BCUT2D eigenvalue weighted by Crippen LogP contribution is 2.35. The van der Waals surface area contributed by atoms with Gasteiger partial charge in [-0.15, -0.1) is 0 Å². The van der Waals surface area contributed by atoms with Gasteiger partial charge in [0.25, 0.3) is 5.91 Å². The van der Waals surface area contributed by atoms with Gasteiger partial charge in [0.2, 0.25) is 0 Å². The van der Waals surface area contributed by atoms with Gasteiger partial charge in [-0.1, -0.05) is 56.0 Å². The van der Waals surface area contributed by atoms with Crippen LogP contribution in [0.4, 0.5) is 5.82 Å². The molecule has 1 aliphatic rings. The van der Waals surface area contributed by atoms with E-state index in [4.69, 9.17) is 10.1 Å². The molecule has 1 N–H and O–H groups in total. The van der Waals surface area contributed by atoms with E-state index in [-0.39, 0.29) is 5.91 Å². The minimum atomic E-state index is -0.235. The lowest BCUT2D eigenvalue weighted by Crippen LogP contribution is -2.13. The van der Waals surface area contributed by atoms with E-state index in [1.807, 2.05) is 41.1 Å². The van der Waals surface area contributed by atoms with E-state index in [0.29, 0.717) is 11.4 Å². The smallest absolute Gasteiger partial charge is 0.258 e. The van der Waals surface area contributed by atoms with Gasteiger partial charge in [0.1, 0.15) is 0 Å². The molecule has 1 aliphatic carbocycles. The highest BCUT2D eigenvalue weighted by molar-refractivity contribution is 9.10. The Morgan fingerprint density at radius 2 is 1.97 bits per heavy atom. The zero-order valence-electron chi connectivity index (χ0n) is 17.7. The fourth-order valence-electron chi connectivity index (χ4n) is 3.90. The minimum Gasteiger partial charge on any atom is -0.304 e. The Hall–Kier alpha value is -3.06. The second-order valence-corrected chi connectivity index (χ2v) is 9.12. The molecule has 3 heterocycles. The zero-order chi connectivity index (χ0) is 21.9. The Labute approximate surface area is 195 Å². The fraction of sp³-hybridized carbons (Fsp3) is 0.280. The molecule has 5 rings (SSSR count). The molecule has 0 bridgehead atoms. The van der Waals surface area contributed by atoms with E-state index < -0.39 is 0 Å². The number of anilines is 1. The Morgan fingerprint density at radius 3 is 2.72 bits per heavy atom. The van der Waals surface area contributed by atoms with Gasteiger partial charge in [-0.3, -0.25) is 9.78 Å². The van der Waals surface area contributed by atoms with Gasteiger partial charge in [0.15, 0.2) is 11.5 Å². The Bertz CT molecular complexity index is 1240. The van der Waals surface area contributed by atoms with Crippen LogP contribution in [0, 0.1) is 5.92 Å². The average Bonchev–Trinajstić information content (AvgIpc) is 3.60. The third-order valence-corrected chi connectivity index (χ3v) is 6.41. The maximum atomic E-state index is 12.8. The first kappa shape index (κ1) is 20.8. The molecule has 162 valence electrons. The average molecular weight is 490 g/mol. The van der Waals surface area contributed by atoms with Crippen LogP contribution in [0.5, 0.6) is 0 Å². The SMILES string of the molecule is O=C(Nc1nn(CCCCC2CC2)c2nc(-c3ccccc3)c(Br)cc12)c1cccnc1. The summed E-state index contributed by atoms with van der Waals surface area (Å²) in [5, 5.41) is 8.51. The number of pyridine rings is 2. The van der Waals surface area contributed by atoms with Crippen LogP contribution in [0.1, 0.15) is 42.5 Å². The summed E-state index contributed by atoms with van der Waals surface area (Å²) in [5.41, 5.74) is 3.17. The molecule has 0 spiro atoms. The maximum absolute atomic E-state index is 12.8.